The van der Waals surface area contributed by atoms with Crippen LogP contribution in [0.25, 0.3) is 0 Å². The first-order chi connectivity index (χ1) is 6.00. The highest BCUT2D eigenvalue weighted by atomic mass is 16.2. The lowest BCUT2D eigenvalue weighted by molar-refractivity contribution is 0.399. The van der Waals surface area contributed by atoms with Crippen LogP contribution in [0.5, 0.6) is 0 Å². The van der Waals surface area contributed by atoms with Gasteiger partial charge in [0.15, 0.2) is 0 Å². The molecule has 12 heavy (non-hydrogen) atoms. The van der Waals surface area contributed by atoms with Crippen LogP contribution in [0.15, 0.2) is 0 Å². The maximum Gasteiger partial charge on any atom is 0.0319 e. The third kappa shape index (κ3) is 13000. The van der Waals surface area contributed by atoms with E-state index >= 15 is 0 Å². The van der Waals surface area contributed by atoms with E-state index in [0.717, 1.165) is 42.7 Å². The summed E-state index contributed by atoms with van der Waals surface area (Å²) in [5, 5.41) is 42.0. The molecule has 0 fully saturated rings. The Morgan fingerprint density at radius 3 is 0.250 bits per heavy atom. The zero-order chi connectivity index (χ0) is 12.0. The van der Waals surface area contributed by atoms with Crippen LogP contribution < -0.4 is 0 Å². The maximum absolute atomic E-state index is 7.00. The molecule has 0 saturated heterocycles. The summed E-state index contributed by atoms with van der Waals surface area (Å²) in [6.45, 7) is 0. The first-order valence-corrected chi connectivity index (χ1v) is 2.68. The molecule has 84 valence electrons. The van der Waals surface area contributed by atoms with Gasteiger partial charge in [-0.1, -0.05) is 0 Å². The average Bonchev–Trinajstić information content (AvgIpc) is 2.33. The van der Waals surface area contributed by atoms with Gasteiger partial charge < -0.3 is 30.6 Å². The first kappa shape index (κ1) is 41.0. The van der Waals surface area contributed by atoms with Crippen molar-refractivity contribution in [2.24, 2.45) is 0 Å². The predicted molar refractivity (Wildman–Crippen MR) is 48.9 cm³/mol. The molecule has 0 saturated carbocycles. The lowest BCUT2D eigenvalue weighted by Gasteiger charge is -1.21. The van der Waals surface area contributed by atoms with Crippen LogP contribution in [-0.2, 0) is 0 Å². The molecular formula is C6H24O6. The number of hydrogen-bond acceptors (Lipinski definition) is 6. The van der Waals surface area contributed by atoms with Gasteiger partial charge in [0.1, 0.15) is 0 Å². The van der Waals surface area contributed by atoms with E-state index in [-0.39, 0.29) is 0 Å². The second kappa shape index (κ2) is 17800. The fourth-order valence-electron chi connectivity index (χ4n) is 0. The van der Waals surface area contributed by atoms with Crippen LogP contribution in [0.4, 0.5) is 0 Å². The van der Waals surface area contributed by atoms with E-state index in [1.807, 2.05) is 0 Å². The highest BCUT2D eigenvalue weighted by Crippen LogP contribution is 0.765. The minimum atomic E-state index is 1.00. The Morgan fingerprint density at radius 2 is 0.250 bits per heavy atom. The number of hydrogen-bond donors (Lipinski definition) is 6. The van der Waals surface area contributed by atoms with Crippen molar-refractivity contribution in [3.8, 4) is 0 Å². The number of aliphatic hydroxyl groups excluding tert-OH is 6. The van der Waals surface area contributed by atoms with Crippen LogP contribution in [0.3, 0.4) is 0 Å². The van der Waals surface area contributed by atoms with Gasteiger partial charge in [0.25, 0.3) is 0 Å². The second-order valence-corrected chi connectivity index (χ2v) is 0. The normalized spacial score (nSPS) is 3.00. The van der Waals surface area contributed by atoms with Gasteiger partial charge in [-0.25, -0.2) is 0 Å². The summed E-state index contributed by atoms with van der Waals surface area (Å²) in [5.41, 5.74) is 0. The zero-order valence-electron chi connectivity index (χ0n) is 8.68. The summed E-state index contributed by atoms with van der Waals surface area (Å²) in [5.74, 6) is 0. The molecule has 6 heteroatoms. The van der Waals surface area contributed by atoms with Gasteiger partial charge in [-0.15, -0.1) is 0 Å². The van der Waals surface area contributed by atoms with Crippen molar-refractivity contribution in [1.82, 2.24) is 0 Å². The summed E-state index contributed by atoms with van der Waals surface area (Å²) >= 11 is 0. The van der Waals surface area contributed by atoms with E-state index < -0.39 is 0 Å². The summed E-state index contributed by atoms with van der Waals surface area (Å²) in [6.07, 6.45) is 0. The summed E-state index contributed by atoms with van der Waals surface area (Å²) in [7, 11) is 6.00. The van der Waals surface area contributed by atoms with Crippen LogP contribution in [0.1, 0.15) is 0 Å². The molecule has 0 aliphatic carbocycles. The van der Waals surface area contributed by atoms with Gasteiger partial charge in [-0.3, -0.25) is 0 Å². The molecule has 6 nitrogen and oxygen atoms in total. The van der Waals surface area contributed by atoms with Crippen LogP contribution in [0, 0.1) is 0 Å². The maximum atomic E-state index is 7.00. The molecule has 0 atom stereocenters. The Bertz CT molecular complexity index is 12.0. The third-order valence-corrected chi connectivity index (χ3v) is 0. The van der Waals surface area contributed by atoms with Crippen molar-refractivity contribution in [3.63, 3.8) is 0 Å². The molecule has 0 aromatic rings. The van der Waals surface area contributed by atoms with Gasteiger partial charge in [0, 0.05) is 42.7 Å². The van der Waals surface area contributed by atoms with Crippen LogP contribution in [0.2, 0.25) is 0 Å². The minimum absolute atomic E-state index is 1.00. The fourth-order valence-corrected chi connectivity index (χ4v) is 0. The molecule has 0 bridgehead atoms. The Balaban J connectivity index is -0.00000000900. The third-order valence-electron chi connectivity index (χ3n) is 0. The molecule has 0 aliphatic rings. The molecule has 6 N–H and O–H groups in total. The van der Waals surface area contributed by atoms with E-state index in [1.54, 1.807) is 0 Å². The monoisotopic (exact) mass is 192 g/mol. The van der Waals surface area contributed by atoms with Crippen molar-refractivity contribution in [3.05, 3.63) is 0 Å². The van der Waals surface area contributed by atoms with E-state index in [9.17, 15) is 0 Å². The minimum Gasteiger partial charge on any atom is -0.400 e. The summed E-state index contributed by atoms with van der Waals surface area (Å²) in [4.78, 5) is 0. The van der Waals surface area contributed by atoms with Gasteiger partial charge in [-0.05, 0) is 0 Å². The Morgan fingerprint density at radius 1 is 0.250 bits per heavy atom. The molecule has 0 unspecified atom stereocenters. The molecule has 0 aromatic carbocycles. The van der Waals surface area contributed by atoms with Gasteiger partial charge in [0.2, 0.25) is 0 Å². The molecule has 0 heterocycles. The van der Waals surface area contributed by atoms with Crippen molar-refractivity contribution in [2.45, 2.75) is 0 Å². The molecule has 0 spiro atoms. The topological polar surface area (TPSA) is 121 Å². The molecule has 0 radical (unpaired) electrons. The van der Waals surface area contributed by atoms with Gasteiger partial charge in [0.05, 0.1) is 0 Å². The van der Waals surface area contributed by atoms with E-state index in [4.69, 9.17) is 30.6 Å². The van der Waals surface area contributed by atoms with Crippen molar-refractivity contribution >= 4 is 0 Å². The predicted octanol–water partition coefficient (Wildman–Crippen LogP) is -2.35. The molecule has 0 aromatic heterocycles. The molecular weight excluding hydrogens is 168 g/mol. The summed E-state index contributed by atoms with van der Waals surface area (Å²) < 4.78 is 0. The Hall–Kier alpha value is -0.240. The van der Waals surface area contributed by atoms with E-state index in [0.29, 0.717) is 0 Å². The lowest BCUT2D eigenvalue weighted by Crippen LogP contribution is -1.25. The average molecular weight is 192 g/mol. The molecule has 0 amide bonds. The summed E-state index contributed by atoms with van der Waals surface area (Å²) in [6, 6.07) is 0. The quantitative estimate of drug-likeness (QED) is 0.255. The zero-order valence-corrected chi connectivity index (χ0v) is 8.68. The number of rotatable bonds is 0. The van der Waals surface area contributed by atoms with E-state index in [2.05, 4.69) is 0 Å². The highest BCUT2D eigenvalue weighted by molar-refractivity contribution is 3.19. The lowest BCUT2D eigenvalue weighted by atomic mass is 11.8. The first-order valence-electron chi connectivity index (χ1n) is 2.68. The van der Waals surface area contributed by atoms with Gasteiger partial charge in [-0.2, -0.15) is 0 Å². The van der Waals surface area contributed by atoms with Crippen molar-refractivity contribution in [2.75, 3.05) is 42.7 Å². The SMILES string of the molecule is CO.CO.CO.CO.CO.CO. The Labute approximate surface area is 74.4 Å². The largest absolute Gasteiger partial charge is 0.400 e. The van der Waals surface area contributed by atoms with Crippen LogP contribution >= 0.6 is 0 Å². The highest BCUT2D eigenvalue weighted by Gasteiger charge is 0.849. The van der Waals surface area contributed by atoms with Crippen molar-refractivity contribution in [1.29, 1.82) is 0 Å². The van der Waals surface area contributed by atoms with Crippen LogP contribution in [-0.4, -0.2) is 73.3 Å². The van der Waals surface area contributed by atoms with E-state index in [1.165, 1.54) is 0 Å². The molecule has 0 aliphatic heterocycles. The molecule has 0 rings (SSSR count). The van der Waals surface area contributed by atoms with Gasteiger partial charge >= 0.3 is 0 Å². The van der Waals surface area contributed by atoms with Crippen molar-refractivity contribution < 1.29 is 30.6 Å². The second-order valence-electron chi connectivity index (χ2n) is 0. The smallest absolute Gasteiger partial charge is 0.0319 e. The number of aliphatic hydroxyl groups is 6. The fraction of sp³-hybridized carbons (Fsp3) is 1.00. The standard InChI is InChI=1S/6CH4O/c6*1-2/h6*2H,1H3. The Kier molecular flexibility index (Phi) is 60900.